The van der Waals surface area contributed by atoms with Crippen molar-refractivity contribution in [3.8, 4) is 0 Å². The standard InChI is InChI=1S/C42H46O9/c1-29-38-40(51-42(48-29)33-21-13-6-14-22-33)34(43-2)23-37(49-38)50-41-35(27-44-24-30-15-7-3-8-16-30)46-28-36(45-25-31-17-9-4-10-18-31)39(41)47-26-32-19-11-5-12-20-32/h3-22,34-42H,1,23-28H2,2H3/t34-,35-,36+,37+,38+,39-,40+,41-,42?/m1/s1. The van der Waals surface area contributed by atoms with Crippen molar-refractivity contribution >= 4 is 0 Å². The largest absolute Gasteiger partial charge is 0.463 e. The molecule has 7 rings (SSSR count). The lowest BCUT2D eigenvalue weighted by Crippen LogP contribution is -2.60. The molecule has 9 nitrogen and oxygen atoms in total. The molecule has 0 radical (unpaired) electrons. The number of ether oxygens (including phenoxy) is 9. The number of benzene rings is 4. The Morgan fingerprint density at radius 3 is 1.88 bits per heavy atom. The minimum atomic E-state index is -0.714. The summed E-state index contributed by atoms with van der Waals surface area (Å²) in [6.45, 7) is 6.01. The molecule has 3 fully saturated rings. The number of rotatable bonds is 14. The molecule has 3 saturated heterocycles. The lowest BCUT2D eigenvalue weighted by Gasteiger charge is -2.48. The maximum absolute atomic E-state index is 6.91. The molecular formula is C42H46O9. The van der Waals surface area contributed by atoms with E-state index in [1.807, 2.05) is 121 Å². The van der Waals surface area contributed by atoms with Crippen LogP contribution in [0.25, 0.3) is 0 Å². The quantitative estimate of drug-likeness (QED) is 0.140. The van der Waals surface area contributed by atoms with Crippen molar-refractivity contribution in [1.82, 2.24) is 0 Å². The number of methoxy groups -OCH3 is 1. The van der Waals surface area contributed by atoms with Gasteiger partial charge in [-0.2, -0.15) is 0 Å². The van der Waals surface area contributed by atoms with Gasteiger partial charge >= 0.3 is 0 Å². The third kappa shape index (κ3) is 9.13. The van der Waals surface area contributed by atoms with Crippen LogP contribution < -0.4 is 0 Å². The summed E-state index contributed by atoms with van der Waals surface area (Å²) in [6, 6.07) is 40.0. The molecule has 268 valence electrons. The first-order chi connectivity index (χ1) is 25.1. The van der Waals surface area contributed by atoms with E-state index in [1.54, 1.807) is 7.11 Å². The van der Waals surface area contributed by atoms with Crippen LogP contribution in [0.2, 0.25) is 0 Å². The summed E-state index contributed by atoms with van der Waals surface area (Å²) >= 11 is 0. The third-order valence-corrected chi connectivity index (χ3v) is 9.44. The molecule has 1 unspecified atom stereocenters. The molecule has 9 atom stereocenters. The normalized spacial score (nSPS) is 29.2. The molecule has 4 aromatic carbocycles. The second-order valence-corrected chi connectivity index (χ2v) is 13.0. The molecule has 0 amide bonds. The van der Waals surface area contributed by atoms with E-state index >= 15 is 0 Å². The van der Waals surface area contributed by atoms with Gasteiger partial charge in [-0.05, 0) is 16.7 Å². The SMILES string of the molecule is C=C1OC(c2ccccc2)O[C@H]2[C@H](OC)C[C@H](O[C@H]3[C@H](OCc4ccccc4)[C@@H](OCc4ccccc4)CO[C@@H]3COCc3ccccc3)O[C@@H]12. The monoisotopic (exact) mass is 694 g/mol. The Morgan fingerprint density at radius 1 is 0.667 bits per heavy atom. The van der Waals surface area contributed by atoms with Crippen molar-refractivity contribution in [2.45, 2.75) is 81.5 Å². The highest BCUT2D eigenvalue weighted by molar-refractivity contribution is 5.19. The van der Waals surface area contributed by atoms with E-state index in [2.05, 4.69) is 6.58 Å². The van der Waals surface area contributed by atoms with Gasteiger partial charge in [0.15, 0.2) is 6.29 Å². The van der Waals surface area contributed by atoms with Crippen LogP contribution in [0.4, 0.5) is 0 Å². The van der Waals surface area contributed by atoms with Gasteiger partial charge in [0.05, 0.1) is 39.1 Å². The molecule has 0 bridgehead atoms. The summed E-state index contributed by atoms with van der Waals surface area (Å²) < 4.78 is 58.0. The van der Waals surface area contributed by atoms with Crippen molar-refractivity contribution in [2.75, 3.05) is 20.3 Å². The van der Waals surface area contributed by atoms with Gasteiger partial charge in [0.1, 0.15) is 42.4 Å². The van der Waals surface area contributed by atoms with Crippen molar-refractivity contribution in [3.63, 3.8) is 0 Å². The van der Waals surface area contributed by atoms with Crippen LogP contribution in [0, 0.1) is 0 Å². The first-order valence-corrected chi connectivity index (χ1v) is 17.6. The van der Waals surface area contributed by atoms with E-state index in [4.69, 9.17) is 42.6 Å². The lowest BCUT2D eigenvalue weighted by molar-refractivity contribution is -0.343. The van der Waals surface area contributed by atoms with Crippen molar-refractivity contribution in [1.29, 1.82) is 0 Å². The van der Waals surface area contributed by atoms with Crippen molar-refractivity contribution in [2.24, 2.45) is 0 Å². The second-order valence-electron chi connectivity index (χ2n) is 13.0. The minimum Gasteiger partial charge on any atom is -0.463 e. The molecule has 0 N–H and O–H groups in total. The van der Waals surface area contributed by atoms with E-state index in [9.17, 15) is 0 Å². The predicted octanol–water partition coefficient (Wildman–Crippen LogP) is 6.92. The van der Waals surface area contributed by atoms with Gasteiger partial charge in [-0.3, -0.25) is 0 Å². The fourth-order valence-corrected chi connectivity index (χ4v) is 6.75. The molecule has 9 heteroatoms. The maximum atomic E-state index is 6.91. The van der Waals surface area contributed by atoms with Gasteiger partial charge in [-0.25, -0.2) is 0 Å². The molecule has 3 aliphatic heterocycles. The summed E-state index contributed by atoms with van der Waals surface area (Å²) in [4.78, 5) is 0. The zero-order valence-corrected chi connectivity index (χ0v) is 28.9. The smallest absolute Gasteiger partial charge is 0.226 e. The Kier molecular flexibility index (Phi) is 12.2. The van der Waals surface area contributed by atoms with Crippen LogP contribution in [0.3, 0.4) is 0 Å². The number of hydrogen-bond acceptors (Lipinski definition) is 9. The van der Waals surface area contributed by atoms with Crippen molar-refractivity contribution in [3.05, 3.63) is 156 Å². The maximum Gasteiger partial charge on any atom is 0.226 e. The fourth-order valence-electron chi connectivity index (χ4n) is 6.75. The predicted molar refractivity (Wildman–Crippen MR) is 189 cm³/mol. The number of hydrogen-bond donors (Lipinski definition) is 0. The zero-order chi connectivity index (χ0) is 34.8. The van der Waals surface area contributed by atoms with Crippen LogP contribution in [-0.2, 0) is 62.5 Å². The first-order valence-electron chi connectivity index (χ1n) is 17.6. The minimum absolute atomic E-state index is 0.278. The Hall–Kier alpha value is -3.90. The highest BCUT2D eigenvalue weighted by Crippen LogP contribution is 2.40. The highest BCUT2D eigenvalue weighted by atomic mass is 16.8. The Morgan fingerprint density at radius 2 is 1.25 bits per heavy atom. The molecular weight excluding hydrogens is 648 g/mol. The van der Waals surface area contributed by atoms with E-state index in [0.29, 0.717) is 38.6 Å². The average Bonchev–Trinajstić information content (AvgIpc) is 3.18. The molecule has 0 saturated carbocycles. The van der Waals surface area contributed by atoms with E-state index in [1.165, 1.54) is 0 Å². The highest BCUT2D eigenvalue weighted by Gasteiger charge is 2.50. The molecule has 4 aromatic rings. The van der Waals surface area contributed by atoms with E-state index < -0.39 is 49.2 Å². The van der Waals surface area contributed by atoms with Gasteiger partial charge in [0.25, 0.3) is 0 Å². The van der Waals surface area contributed by atoms with Gasteiger partial charge in [-0.1, -0.05) is 128 Å². The molecule has 0 aliphatic carbocycles. The van der Waals surface area contributed by atoms with Gasteiger partial charge < -0.3 is 42.6 Å². The summed E-state index contributed by atoms with van der Waals surface area (Å²) in [7, 11) is 1.67. The lowest BCUT2D eigenvalue weighted by atomic mass is 9.97. The summed E-state index contributed by atoms with van der Waals surface area (Å²) in [6.07, 6.45) is -4.37. The van der Waals surface area contributed by atoms with E-state index in [0.717, 1.165) is 22.3 Å². The fraction of sp³-hybridized carbons (Fsp3) is 0.381. The topological polar surface area (TPSA) is 83.1 Å². The van der Waals surface area contributed by atoms with Crippen LogP contribution in [0.15, 0.2) is 134 Å². The summed E-state index contributed by atoms with van der Waals surface area (Å²) in [5.41, 5.74) is 4.06. The van der Waals surface area contributed by atoms with E-state index in [-0.39, 0.29) is 12.7 Å². The van der Waals surface area contributed by atoms with Crippen LogP contribution >= 0.6 is 0 Å². The third-order valence-electron chi connectivity index (χ3n) is 9.44. The van der Waals surface area contributed by atoms with Crippen LogP contribution in [-0.4, -0.2) is 69.3 Å². The Bertz CT molecular complexity index is 1620. The molecule has 0 aromatic heterocycles. The van der Waals surface area contributed by atoms with Crippen LogP contribution in [0.5, 0.6) is 0 Å². The van der Waals surface area contributed by atoms with Gasteiger partial charge in [0.2, 0.25) is 6.29 Å². The Balaban J connectivity index is 1.12. The molecule has 3 heterocycles. The summed E-state index contributed by atoms with van der Waals surface area (Å²) in [5.74, 6) is 0.457. The summed E-state index contributed by atoms with van der Waals surface area (Å²) in [5, 5.41) is 0. The van der Waals surface area contributed by atoms with Crippen molar-refractivity contribution < 1.29 is 42.6 Å². The first kappa shape index (κ1) is 35.5. The molecule has 3 aliphatic rings. The second kappa shape index (κ2) is 17.5. The van der Waals surface area contributed by atoms with Gasteiger partial charge in [-0.15, -0.1) is 0 Å². The number of fused-ring (bicyclic) bond motifs is 1. The molecule has 0 spiro atoms. The van der Waals surface area contributed by atoms with Crippen LogP contribution in [0.1, 0.15) is 35.0 Å². The zero-order valence-electron chi connectivity index (χ0n) is 28.9. The average molecular weight is 695 g/mol. The van der Waals surface area contributed by atoms with Gasteiger partial charge in [0, 0.05) is 19.1 Å². The Labute approximate surface area is 299 Å². The molecule has 51 heavy (non-hydrogen) atoms.